The highest BCUT2D eigenvalue weighted by molar-refractivity contribution is 6.31. The number of carbonyl (C=O) groups excluding carboxylic acids is 1. The molecule has 148 valence electrons. The first-order chi connectivity index (χ1) is 14.6. The highest BCUT2D eigenvalue weighted by Crippen LogP contribution is 2.44. The van der Waals surface area contributed by atoms with Crippen molar-refractivity contribution in [1.29, 1.82) is 0 Å². The van der Waals surface area contributed by atoms with Crippen LogP contribution < -0.4 is 9.64 Å². The molecule has 0 radical (unpaired) electrons. The summed E-state index contributed by atoms with van der Waals surface area (Å²) in [6.45, 7) is 2.04. The SMILES string of the molecule is COc1ccc2c(c1)C(c1ccc(Cl)cc1)=C1CN(C(C)=O)c3ccccc3N=C12. The summed E-state index contributed by atoms with van der Waals surface area (Å²) in [5.74, 6) is 0.761. The van der Waals surface area contributed by atoms with Crippen molar-refractivity contribution in [2.24, 2.45) is 4.99 Å². The molecule has 2 aliphatic rings. The minimum absolute atomic E-state index is 0.0182. The van der Waals surface area contributed by atoms with Crippen molar-refractivity contribution in [2.75, 3.05) is 18.6 Å². The summed E-state index contributed by atoms with van der Waals surface area (Å²) in [7, 11) is 1.66. The van der Waals surface area contributed by atoms with Crippen molar-refractivity contribution in [3.05, 3.63) is 94.0 Å². The highest BCUT2D eigenvalue weighted by atomic mass is 35.5. The van der Waals surface area contributed by atoms with E-state index >= 15 is 0 Å². The largest absolute Gasteiger partial charge is 0.497 e. The Bertz CT molecular complexity index is 1240. The molecular formula is C25H19ClN2O2. The monoisotopic (exact) mass is 414 g/mol. The molecule has 0 saturated heterocycles. The van der Waals surface area contributed by atoms with Gasteiger partial charge in [0.2, 0.25) is 5.91 Å². The predicted octanol–water partition coefficient (Wildman–Crippen LogP) is 5.65. The van der Waals surface area contributed by atoms with E-state index in [2.05, 4.69) is 0 Å². The van der Waals surface area contributed by atoms with Crippen LogP contribution in [0.1, 0.15) is 23.6 Å². The van der Waals surface area contributed by atoms with Crippen molar-refractivity contribution < 1.29 is 9.53 Å². The zero-order valence-corrected chi connectivity index (χ0v) is 17.4. The molecule has 1 aliphatic carbocycles. The first kappa shape index (κ1) is 18.6. The van der Waals surface area contributed by atoms with Gasteiger partial charge in [-0.3, -0.25) is 4.79 Å². The molecule has 3 aromatic carbocycles. The Morgan fingerprint density at radius 2 is 1.80 bits per heavy atom. The number of ether oxygens (including phenoxy) is 1. The van der Waals surface area contributed by atoms with Crippen LogP contribution in [0.25, 0.3) is 5.57 Å². The molecular weight excluding hydrogens is 396 g/mol. The van der Waals surface area contributed by atoms with Crippen LogP contribution in [0.4, 0.5) is 11.4 Å². The summed E-state index contributed by atoms with van der Waals surface area (Å²) >= 11 is 6.14. The van der Waals surface area contributed by atoms with Gasteiger partial charge in [-0.05, 0) is 59.2 Å². The Morgan fingerprint density at radius 1 is 1.03 bits per heavy atom. The van der Waals surface area contributed by atoms with Crippen LogP contribution in [-0.4, -0.2) is 25.3 Å². The molecule has 0 atom stereocenters. The van der Waals surface area contributed by atoms with Crippen molar-refractivity contribution in [3.63, 3.8) is 0 Å². The summed E-state index contributed by atoms with van der Waals surface area (Å²) < 4.78 is 5.49. The van der Waals surface area contributed by atoms with Gasteiger partial charge < -0.3 is 9.64 Å². The van der Waals surface area contributed by atoms with E-state index in [9.17, 15) is 4.79 Å². The standard InChI is InChI=1S/C25H19ClN2O2/c1-15(29)28-14-21-24(16-7-9-17(26)10-8-16)20-13-18(30-2)11-12-19(20)25(21)27-22-5-3-4-6-23(22)28/h3-13H,14H2,1-2H3. The zero-order chi connectivity index (χ0) is 20.8. The van der Waals surface area contributed by atoms with Crippen LogP contribution in [0.2, 0.25) is 5.02 Å². The maximum atomic E-state index is 12.6. The Balaban J connectivity index is 1.82. The number of carbonyl (C=O) groups is 1. The van der Waals surface area contributed by atoms with Gasteiger partial charge in [0.05, 0.1) is 30.7 Å². The lowest BCUT2D eigenvalue weighted by atomic mass is 9.97. The number of aliphatic imine (C=N–C) groups is 1. The van der Waals surface area contributed by atoms with Crippen molar-refractivity contribution in [1.82, 2.24) is 0 Å². The van der Waals surface area contributed by atoms with Gasteiger partial charge in [-0.2, -0.15) is 0 Å². The Labute approximate surface area is 180 Å². The van der Waals surface area contributed by atoms with E-state index in [-0.39, 0.29) is 5.91 Å². The topological polar surface area (TPSA) is 41.9 Å². The van der Waals surface area contributed by atoms with E-state index in [1.807, 2.05) is 66.7 Å². The molecule has 0 fully saturated rings. The number of benzene rings is 3. The third-order valence-electron chi connectivity index (χ3n) is 5.57. The second kappa shape index (κ2) is 7.15. The van der Waals surface area contributed by atoms with E-state index < -0.39 is 0 Å². The minimum atomic E-state index is -0.0182. The smallest absolute Gasteiger partial charge is 0.224 e. The number of methoxy groups -OCH3 is 1. The molecule has 0 bridgehead atoms. The molecule has 0 aromatic heterocycles. The van der Waals surface area contributed by atoms with Crippen molar-refractivity contribution >= 4 is 40.2 Å². The Morgan fingerprint density at radius 3 is 2.53 bits per heavy atom. The first-order valence-electron chi connectivity index (χ1n) is 9.71. The summed E-state index contributed by atoms with van der Waals surface area (Å²) in [6, 6.07) is 21.6. The molecule has 1 amide bonds. The second-order valence-electron chi connectivity index (χ2n) is 7.33. The summed E-state index contributed by atoms with van der Waals surface area (Å²) in [6.07, 6.45) is 0. The lowest BCUT2D eigenvalue weighted by Gasteiger charge is -2.22. The number of hydrogen-bond acceptors (Lipinski definition) is 3. The number of para-hydroxylation sites is 2. The fourth-order valence-electron chi connectivity index (χ4n) is 4.17. The number of nitrogens with zero attached hydrogens (tertiary/aromatic N) is 2. The van der Waals surface area contributed by atoms with E-state index in [1.165, 1.54) is 0 Å². The fraction of sp³-hybridized carbons (Fsp3) is 0.120. The molecule has 3 aromatic rings. The van der Waals surface area contributed by atoms with Gasteiger partial charge in [0.1, 0.15) is 5.75 Å². The number of fused-ring (bicyclic) bond motifs is 4. The van der Waals surface area contributed by atoms with Crippen LogP contribution in [0, 0.1) is 0 Å². The molecule has 0 spiro atoms. The average Bonchev–Trinajstić information content (AvgIpc) is 2.94. The van der Waals surface area contributed by atoms with Crippen LogP contribution in [0.3, 0.4) is 0 Å². The first-order valence-corrected chi connectivity index (χ1v) is 10.1. The third kappa shape index (κ3) is 2.92. The van der Waals surface area contributed by atoms with E-state index in [0.717, 1.165) is 50.7 Å². The van der Waals surface area contributed by atoms with Crippen molar-refractivity contribution in [3.8, 4) is 5.75 Å². The summed E-state index contributed by atoms with van der Waals surface area (Å²) in [5, 5.41) is 0.681. The Kier molecular flexibility index (Phi) is 4.44. The number of rotatable bonds is 2. The summed E-state index contributed by atoms with van der Waals surface area (Å²) in [4.78, 5) is 19.4. The lowest BCUT2D eigenvalue weighted by molar-refractivity contribution is -0.116. The van der Waals surface area contributed by atoms with Crippen LogP contribution in [0.5, 0.6) is 5.75 Å². The van der Waals surface area contributed by atoms with Gasteiger partial charge in [-0.25, -0.2) is 4.99 Å². The third-order valence-corrected chi connectivity index (χ3v) is 5.82. The molecule has 1 heterocycles. The van der Waals surface area contributed by atoms with Crippen LogP contribution in [0.15, 0.2) is 77.3 Å². The maximum absolute atomic E-state index is 12.6. The van der Waals surface area contributed by atoms with Gasteiger partial charge in [-0.1, -0.05) is 35.9 Å². The molecule has 0 saturated carbocycles. The minimum Gasteiger partial charge on any atom is -0.497 e. The summed E-state index contributed by atoms with van der Waals surface area (Å²) in [5.41, 5.74) is 7.70. The normalized spacial score (nSPS) is 14.5. The van der Waals surface area contributed by atoms with Gasteiger partial charge >= 0.3 is 0 Å². The second-order valence-corrected chi connectivity index (χ2v) is 7.76. The van der Waals surface area contributed by atoms with Crippen LogP contribution >= 0.6 is 11.6 Å². The van der Waals surface area contributed by atoms with Crippen molar-refractivity contribution in [2.45, 2.75) is 6.92 Å². The molecule has 30 heavy (non-hydrogen) atoms. The molecule has 5 heteroatoms. The highest BCUT2D eigenvalue weighted by Gasteiger charge is 2.33. The molecule has 5 rings (SSSR count). The zero-order valence-electron chi connectivity index (χ0n) is 16.6. The molecule has 4 nitrogen and oxygen atoms in total. The fourth-order valence-corrected chi connectivity index (χ4v) is 4.29. The quantitative estimate of drug-likeness (QED) is 0.543. The molecule has 0 unspecified atom stereocenters. The predicted molar refractivity (Wildman–Crippen MR) is 121 cm³/mol. The van der Waals surface area contributed by atoms with E-state index in [4.69, 9.17) is 21.3 Å². The van der Waals surface area contributed by atoms with Crippen LogP contribution in [-0.2, 0) is 4.79 Å². The number of halogens is 1. The molecule has 0 N–H and O–H groups in total. The van der Waals surface area contributed by atoms with Gasteiger partial charge in [0.25, 0.3) is 0 Å². The molecule has 1 aliphatic heterocycles. The Hall–Kier alpha value is -3.37. The van der Waals surface area contributed by atoms with Gasteiger partial charge in [-0.15, -0.1) is 0 Å². The number of hydrogen-bond donors (Lipinski definition) is 0. The van der Waals surface area contributed by atoms with E-state index in [1.54, 1.807) is 18.9 Å². The lowest BCUT2D eigenvalue weighted by Crippen LogP contribution is -2.31. The number of amides is 1. The maximum Gasteiger partial charge on any atom is 0.224 e. The van der Waals surface area contributed by atoms with Gasteiger partial charge in [0, 0.05) is 23.1 Å². The van der Waals surface area contributed by atoms with Gasteiger partial charge in [0.15, 0.2) is 0 Å². The average molecular weight is 415 g/mol. The van der Waals surface area contributed by atoms with E-state index in [0.29, 0.717) is 11.6 Å². The number of anilines is 1.